The Balaban J connectivity index is 1.29. The lowest BCUT2D eigenvalue weighted by Gasteiger charge is -2.44. The van der Waals surface area contributed by atoms with Crippen molar-refractivity contribution in [1.29, 1.82) is 0 Å². The third-order valence-electron chi connectivity index (χ3n) is 7.01. The van der Waals surface area contributed by atoms with Crippen LogP contribution in [0.1, 0.15) is 47.3 Å². The van der Waals surface area contributed by atoms with Gasteiger partial charge in [0.15, 0.2) is 5.78 Å². The third kappa shape index (κ3) is 6.27. The van der Waals surface area contributed by atoms with Gasteiger partial charge in [-0.25, -0.2) is 4.39 Å². The molecule has 2 aromatic carbocycles. The smallest absolute Gasteiger partial charge is 0.188 e. The zero-order valence-corrected chi connectivity index (χ0v) is 19.8. The highest BCUT2D eigenvalue weighted by atomic mass is 19.1. The number of ketones is 1. The summed E-state index contributed by atoms with van der Waals surface area (Å²) in [5.74, 6) is -0.241. The van der Waals surface area contributed by atoms with E-state index in [0.717, 1.165) is 39.3 Å². The molecule has 0 amide bonds. The fourth-order valence-electron chi connectivity index (χ4n) is 5.20. The van der Waals surface area contributed by atoms with Crippen LogP contribution in [-0.2, 0) is 19.6 Å². The number of hydrogen-bond donors (Lipinski definition) is 1. The molecule has 0 saturated carbocycles. The lowest BCUT2D eigenvalue weighted by molar-refractivity contribution is 0.0290. The van der Waals surface area contributed by atoms with Crippen molar-refractivity contribution in [1.82, 2.24) is 14.7 Å². The van der Waals surface area contributed by atoms with E-state index < -0.39 is 12.8 Å². The standard InChI is InChI=1S/C27H36FN3O2/c1-20-13-30(16-23-7-9-25(10-8-23)27(33)19-32)14-21(2)31(20)17-24-5-3-22(4-6-24)15-29-12-11-26(28)18-29/h3-10,20-21,26,32H,11-19H2,1-2H3/t20-,21+,26-/m1/s1. The largest absolute Gasteiger partial charge is 0.388 e. The highest BCUT2D eigenvalue weighted by molar-refractivity contribution is 5.96. The van der Waals surface area contributed by atoms with Gasteiger partial charge < -0.3 is 5.11 Å². The van der Waals surface area contributed by atoms with Crippen molar-refractivity contribution >= 4 is 5.78 Å². The first-order valence-corrected chi connectivity index (χ1v) is 12.1. The zero-order valence-electron chi connectivity index (χ0n) is 19.8. The molecule has 178 valence electrons. The molecule has 2 aliphatic rings. The van der Waals surface area contributed by atoms with Crippen molar-refractivity contribution in [3.63, 3.8) is 0 Å². The molecule has 2 aromatic rings. The fourth-order valence-corrected chi connectivity index (χ4v) is 5.20. The van der Waals surface area contributed by atoms with Crippen LogP contribution in [0.2, 0.25) is 0 Å². The first-order chi connectivity index (χ1) is 15.9. The van der Waals surface area contributed by atoms with Gasteiger partial charge in [0.1, 0.15) is 12.8 Å². The van der Waals surface area contributed by atoms with Crippen molar-refractivity contribution < 1.29 is 14.3 Å². The molecule has 0 spiro atoms. The van der Waals surface area contributed by atoms with Gasteiger partial charge in [-0.15, -0.1) is 0 Å². The number of piperazine rings is 1. The van der Waals surface area contributed by atoms with E-state index >= 15 is 0 Å². The molecule has 2 saturated heterocycles. The van der Waals surface area contributed by atoms with Gasteiger partial charge in [0.25, 0.3) is 0 Å². The number of hydrogen-bond acceptors (Lipinski definition) is 5. The average Bonchev–Trinajstić information content (AvgIpc) is 3.22. The number of alkyl halides is 1. The van der Waals surface area contributed by atoms with Gasteiger partial charge in [0.2, 0.25) is 0 Å². The quantitative estimate of drug-likeness (QED) is 0.620. The van der Waals surface area contributed by atoms with E-state index in [1.165, 1.54) is 16.7 Å². The van der Waals surface area contributed by atoms with Gasteiger partial charge in [0.05, 0.1) is 0 Å². The summed E-state index contributed by atoms with van der Waals surface area (Å²) in [5, 5.41) is 9.01. The van der Waals surface area contributed by atoms with Crippen LogP contribution in [0.15, 0.2) is 48.5 Å². The molecular formula is C27H36FN3O2. The van der Waals surface area contributed by atoms with E-state index in [2.05, 4.69) is 52.8 Å². The molecule has 0 radical (unpaired) electrons. The van der Waals surface area contributed by atoms with Gasteiger partial charge in [-0.1, -0.05) is 48.5 Å². The second-order valence-electron chi connectivity index (χ2n) is 9.78. The van der Waals surface area contributed by atoms with Crippen molar-refractivity contribution in [2.75, 3.05) is 32.8 Å². The molecule has 0 unspecified atom stereocenters. The lowest BCUT2D eigenvalue weighted by atomic mass is 10.0. The van der Waals surface area contributed by atoms with E-state index in [-0.39, 0.29) is 5.78 Å². The summed E-state index contributed by atoms with van der Waals surface area (Å²) in [7, 11) is 0. The van der Waals surface area contributed by atoms with Crippen LogP contribution in [0.5, 0.6) is 0 Å². The summed E-state index contributed by atoms with van der Waals surface area (Å²) in [6, 6.07) is 17.3. The van der Waals surface area contributed by atoms with E-state index in [4.69, 9.17) is 5.11 Å². The summed E-state index contributed by atoms with van der Waals surface area (Å²) in [6.07, 6.45) is -0.00473. The first kappa shape index (κ1) is 24.0. The van der Waals surface area contributed by atoms with Gasteiger partial charge in [-0.3, -0.25) is 19.5 Å². The molecule has 33 heavy (non-hydrogen) atoms. The zero-order chi connectivity index (χ0) is 23.4. The number of Topliss-reactive ketones (excluding diaryl/α,β-unsaturated/α-hetero) is 1. The molecule has 0 aromatic heterocycles. The van der Waals surface area contributed by atoms with Crippen molar-refractivity contribution in [3.8, 4) is 0 Å². The number of nitrogens with zero attached hydrogens (tertiary/aromatic N) is 3. The summed E-state index contributed by atoms with van der Waals surface area (Å²) < 4.78 is 13.4. The number of aliphatic hydroxyl groups excluding tert-OH is 1. The second kappa shape index (κ2) is 10.9. The van der Waals surface area contributed by atoms with Gasteiger partial charge >= 0.3 is 0 Å². The van der Waals surface area contributed by atoms with E-state index in [9.17, 15) is 9.18 Å². The monoisotopic (exact) mass is 453 g/mol. The number of carbonyl (C=O) groups is 1. The fraction of sp³-hybridized carbons (Fsp3) is 0.519. The average molecular weight is 454 g/mol. The van der Waals surface area contributed by atoms with Crippen LogP contribution in [-0.4, -0.2) is 76.6 Å². The highest BCUT2D eigenvalue weighted by Gasteiger charge is 2.29. The minimum atomic E-state index is -0.666. The Labute approximate surface area is 196 Å². The van der Waals surface area contributed by atoms with Gasteiger partial charge in [-0.2, -0.15) is 0 Å². The number of rotatable bonds is 8. The predicted molar refractivity (Wildman–Crippen MR) is 129 cm³/mol. The molecule has 0 bridgehead atoms. The van der Waals surface area contributed by atoms with Crippen LogP contribution in [0.3, 0.4) is 0 Å². The number of halogens is 1. The molecule has 1 N–H and O–H groups in total. The minimum Gasteiger partial charge on any atom is -0.388 e. The molecule has 2 fully saturated rings. The van der Waals surface area contributed by atoms with Crippen LogP contribution in [0.25, 0.3) is 0 Å². The predicted octanol–water partition coefficient (Wildman–Crippen LogP) is 3.50. The van der Waals surface area contributed by atoms with E-state index in [1.54, 1.807) is 12.1 Å². The number of benzene rings is 2. The number of likely N-dealkylation sites (tertiary alicyclic amines) is 1. The lowest BCUT2D eigenvalue weighted by Crippen LogP contribution is -2.55. The third-order valence-corrected chi connectivity index (χ3v) is 7.01. The minimum absolute atomic E-state index is 0.241. The Morgan fingerprint density at radius 3 is 1.88 bits per heavy atom. The maximum Gasteiger partial charge on any atom is 0.188 e. The Hall–Kier alpha value is -2.12. The number of aliphatic hydroxyl groups is 1. The van der Waals surface area contributed by atoms with Crippen molar-refractivity contribution in [2.24, 2.45) is 0 Å². The maximum atomic E-state index is 13.4. The summed E-state index contributed by atoms with van der Waals surface area (Å²) >= 11 is 0. The molecule has 4 rings (SSSR count). The molecule has 2 heterocycles. The summed E-state index contributed by atoms with van der Waals surface area (Å²) in [6.45, 7) is 10.2. The Morgan fingerprint density at radius 1 is 0.848 bits per heavy atom. The molecule has 5 nitrogen and oxygen atoms in total. The van der Waals surface area contributed by atoms with E-state index in [0.29, 0.717) is 30.6 Å². The topological polar surface area (TPSA) is 47.0 Å². The van der Waals surface area contributed by atoms with Crippen molar-refractivity contribution in [3.05, 3.63) is 70.8 Å². The maximum absolute atomic E-state index is 13.4. The molecular weight excluding hydrogens is 417 g/mol. The van der Waals surface area contributed by atoms with Crippen LogP contribution < -0.4 is 0 Å². The molecule has 3 atom stereocenters. The Bertz CT molecular complexity index is 906. The van der Waals surface area contributed by atoms with Crippen LogP contribution in [0, 0.1) is 0 Å². The van der Waals surface area contributed by atoms with Crippen molar-refractivity contribution in [2.45, 2.75) is 58.2 Å². The van der Waals surface area contributed by atoms with Gasteiger partial charge in [-0.05, 0) is 37.0 Å². The second-order valence-corrected chi connectivity index (χ2v) is 9.78. The molecule has 2 aliphatic heterocycles. The summed E-state index contributed by atoms with van der Waals surface area (Å²) in [5.41, 5.74) is 4.32. The SMILES string of the molecule is C[C@@H]1CN(Cc2ccc(C(=O)CO)cc2)C[C@H](C)N1Cc1ccc(CN2CC[C@@H](F)C2)cc1. The van der Waals surface area contributed by atoms with Gasteiger partial charge in [0, 0.05) is 63.5 Å². The Kier molecular flexibility index (Phi) is 7.91. The van der Waals surface area contributed by atoms with Crippen LogP contribution in [0.4, 0.5) is 4.39 Å². The van der Waals surface area contributed by atoms with Crippen LogP contribution >= 0.6 is 0 Å². The van der Waals surface area contributed by atoms with E-state index in [1.807, 2.05) is 12.1 Å². The Morgan fingerprint density at radius 2 is 1.36 bits per heavy atom. The first-order valence-electron chi connectivity index (χ1n) is 12.1. The molecule has 0 aliphatic carbocycles. The summed E-state index contributed by atoms with van der Waals surface area (Å²) in [4.78, 5) is 18.9. The highest BCUT2D eigenvalue weighted by Crippen LogP contribution is 2.22. The molecule has 6 heteroatoms. The normalized spacial score (nSPS) is 24.9. The number of carbonyl (C=O) groups excluding carboxylic acids is 1.